The van der Waals surface area contributed by atoms with Gasteiger partial charge >= 0.3 is 0 Å². The van der Waals surface area contributed by atoms with E-state index < -0.39 is 6.04 Å². The first-order chi connectivity index (χ1) is 16.1. The molecule has 2 atom stereocenters. The van der Waals surface area contributed by atoms with Gasteiger partial charge < -0.3 is 15.0 Å². The minimum atomic E-state index is -0.461. The van der Waals surface area contributed by atoms with Crippen LogP contribution >= 0.6 is 23.2 Å². The number of likely N-dealkylation sites (tertiary alicyclic amines) is 1. The molecule has 0 bridgehead atoms. The van der Waals surface area contributed by atoms with Gasteiger partial charge in [-0.05, 0) is 36.1 Å². The zero-order valence-electron chi connectivity index (χ0n) is 18.2. The number of methoxy groups -OCH3 is 1. The molecule has 33 heavy (non-hydrogen) atoms. The van der Waals surface area contributed by atoms with Crippen LogP contribution < -0.4 is 5.32 Å². The van der Waals surface area contributed by atoms with E-state index in [9.17, 15) is 4.79 Å². The quantitative estimate of drug-likeness (QED) is 0.539. The highest BCUT2D eigenvalue weighted by atomic mass is 35.5. The number of hydrogen-bond acceptors (Lipinski definition) is 4. The van der Waals surface area contributed by atoms with E-state index in [1.807, 2.05) is 58.1 Å². The average Bonchev–Trinajstić information content (AvgIpc) is 3.49. The second-order valence-corrected chi connectivity index (χ2v) is 9.08. The zero-order valence-corrected chi connectivity index (χ0v) is 19.7. The Bertz CT molecular complexity index is 1210. The van der Waals surface area contributed by atoms with E-state index in [-0.39, 0.29) is 11.9 Å². The molecule has 0 aliphatic carbocycles. The van der Waals surface area contributed by atoms with Crippen molar-refractivity contribution >= 4 is 40.6 Å². The summed E-state index contributed by atoms with van der Waals surface area (Å²) in [5.74, 6) is 0.773. The number of fused-ring (bicyclic) bond motifs is 1. The Balaban J connectivity index is 1.71. The van der Waals surface area contributed by atoms with Gasteiger partial charge in [-0.1, -0.05) is 59.6 Å². The third-order valence-electron chi connectivity index (χ3n) is 6.26. The fourth-order valence-electron chi connectivity index (χ4n) is 4.74. The molecule has 1 saturated heterocycles. The molecule has 1 aromatic heterocycles. The Labute approximate surface area is 202 Å². The maximum absolute atomic E-state index is 14.2. The van der Waals surface area contributed by atoms with Crippen LogP contribution in [0.25, 0.3) is 5.70 Å². The second-order valence-electron chi connectivity index (χ2n) is 8.27. The standard InChI is InChI=1S/C25H24Cl2N4O2/c1-33-15-18-8-5-13-30(18)25(32)22-23(16-6-3-2-4-7-16)29-21-11-12-28-31(21)24(22)17-9-10-19(26)20(27)14-17/h2-4,6-7,9-12,14,18,24,29H,5,8,13,15H2,1H3/t18-,24?/m0/s1. The van der Waals surface area contributed by atoms with Crippen LogP contribution in [0.4, 0.5) is 5.82 Å². The Morgan fingerprint density at radius 1 is 1.15 bits per heavy atom. The van der Waals surface area contributed by atoms with Crippen LogP contribution in [-0.2, 0) is 9.53 Å². The van der Waals surface area contributed by atoms with Crippen LogP contribution in [0.5, 0.6) is 0 Å². The number of rotatable bonds is 5. The predicted octanol–water partition coefficient (Wildman–Crippen LogP) is 5.25. The number of hydrogen-bond donors (Lipinski definition) is 1. The van der Waals surface area contributed by atoms with E-state index in [1.165, 1.54) is 0 Å². The summed E-state index contributed by atoms with van der Waals surface area (Å²) >= 11 is 12.6. The molecule has 0 saturated carbocycles. The van der Waals surface area contributed by atoms with Crippen molar-refractivity contribution in [1.82, 2.24) is 14.7 Å². The summed E-state index contributed by atoms with van der Waals surface area (Å²) in [5.41, 5.74) is 3.17. The number of amides is 1. The molecule has 1 unspecified atom stereocenters. The number of anilines is 1. The fourth-order valence-corrected chi connectivity index (χ4v) is 5.05. The third-order valence-corrected chi connectivity index (χ3v) is 7.00. The summed E-state index contributed by atoms with van der Waals surface area (Å²) in [6, 6.07) is 16.9. The maximum atomic E-state index is 14.2. The molecule has 8 heteroatoms. The summed E-state index contributed by atoms with van der Waals surface area (Å²) in [7, 11) is 1.67. The molecular formula is C25H24Cl2N4O2. The van der Waals surface area contributed by atoms with Crippen molar-refractivity contribution in [1.29, 1.82) is 0 Å². The molecule has 1 N–H and O–H groups in total. The van der Waals surface area contributed by atoms with Crippen molar-refractivity contribution in [3.63, 3.8) is 0 Å². The number of aromatic nitrogens is 2. The van der Waals surface area contributed by atoms with E-state index in [1.54, 1.807) is 19.4 Å². The van der Waals surface area contributed by atoms with Gasteiger partial charge in [0, 0.05) is 19.7 Å². The molecule has 5 rings (SSSR count). The molecule has 2 aromatic carbocycles. The number of carbonyl (C=O) groups is 1. The Kier molecular flexibility index (Phi) is 6.15. The molecule has 2 aliphatic heterocycles. The number of halogens is 2. The molecule has 6 nitrogen and oxygen atoms in total. The number of nitrogens with zero attached hydrogens (tertiary/aromatic N) is 3. The van der Waals surface area contributed by atoms with Crippen LogP contribution in [0.2, 0.25) is 10.0 Å². The lowest BCUT2D eigenvalue weighted by atomic mass is 9.91. The van der Waals surface area contributed by atoms with Crippen molar-refractivity contribution in [3.05, 3.63) is 87.5 Å². The summed E-state index contributed by atoms with van der Waals surface area (Å²) in [5, 5.41) is 8.93. The van der Waals surface area contributed by atoms with Gasteiger partial charge in [-0.3, -0.25) is 4.79 Å². The van der Waals surface area contributed by atoms with Crippen LogP contribution in [0.1, 0.15) is 30.0 Å². The fraction of sp³-hybridized carbons (Fsp3) is 0.280. The van der Waals surface area contributed by atoms with Gasteiger partial charge in [-0.2, -0.15) is 5.10 Å². The van der Waals surface area contributed by atoms with Crippen molar-refractivity contribution in [2.45, 2.75) is 24.9 Å². The number of ether oxygens (including phenoxy) is 1. The van der Waals surface area contributed by atoms with Gasteiger partial charge in [0.2, 0.25) is 0 Å². The van der Waals surface area contributed by atoms with E-state index in [0.29, 0.717) is 28.8 Å². The lowest BCUT2D eigenvalue weighted by molar-refractivity contribution is -0.129. The van der Waals surface area contributed by atoms with Crippen molar-refractivity contribution in [2.24, 2.45) is 0 Å². The number of benzene rings is 2. The Morgan fingerprint density at radius 3 is 2.73 bits per heavy atom. The van der Waals surface area contributed by atoms with Crippen LogP contribution in [0.15, 0.2) is 66.4 Å². The highest BCUT2D eigenvalue weighted by Gasteiger charge is 2.39. The van der Waals surface area contributed by atoms with Crippen molar-refractivity contribution in [2.75, 3.05) is 25.6 Å². The largest absolute Gasteiger partial charge is 0.383 e. The topological polar surface area (TPSA) is 59.4 Å². The maximum Gasteiger partial charge on any atom is 0.254 e. The summed E-state index contributed by atoms with van der Waals surface area (Å²) in [6.07, 6.45) is 3.60. The van der Waals surface area contributed by atoms with Crippen molar-refractivity contribution in [3.8, 4) is 0 Å². The molecule has 3 aromatic rings. The summed E-state index contributed by atoms with van der Waals surface area (Å²) in [6.45, 7) is 1.20. The first kappa shape index (κ1) is 22.0. The lowest BCUT2D eigenvalue weighted by Gasteiger charge is -2.34. The lowest BCUT2D eigenvalue weighted by Crippen LogP contribution is -2.42. The molecule has 1 fully saturated rings. The van der Waals surface area contributed by atoms with Gasteiger partial charge in [0.15, 0.2) is 0 Å². The second kappa shape index (κ2) is 9.21. The first-order valence-electron chi connectivity index (χ1n) is 10.9. The van der Waals surface area contributed by atoms with E-state index >= 15 is 0 Å². The minimum Gasteiger partial charge on any atom is -0.383 e. The summed E-state index contributed by atoms with van der Waals surface area (Å²) in [4.78, 5) is 16.1. The molecule has 0 radical (unpaired) electrons. The molecular weight excluding hydrogens is 459 g/mol. The van der Waals surface area contributed by atoms with Gasteiger partial charge in [-0.25, -0.2) is 4.68 Å². The summed E-state index contributed by atoms with van der Waals surface area (Å²) < 4.78 is 7.25. The average molecular weight is 483 g/mol. The first-order valence-corrected chi connectivity index (χ1v) is 11.7. The molecule has 2 aliphatic rings. The predicted molar refractivity (Wildman–Crippen MR) is 130 cm³/mol. The van der Waals surface area contributed by atoms with Crippen LogP contribution in [-0.4, -0.2) is 46.9 Å². The Hall–Kier alpha value is -2.80. The van der Waals surface area contributed by atoms with E-state index in [2.05, 4.69) is 10.4 Å². The van der Waals surface area contributed by atoms with Crippen LogP contribution in [0.3, 0.4) is 0 Å². The smallest absolute Gasteiger partial charge is 0.254 e. The van der Waals surface area contributed by atoms with Gasteiger partial charge in [0.05, 0.1) is 40.2 Å². The van der Waals surface area contributed by atoms with Gasteiger partial charge in [0.25, 0.3) is 5.91 Å². The zero-order chi connectivity index (χ0) is 22.9. The van der Waals surface area contributed by atoms with Gasteiger partial charge in [-0.15, -0.1) is 0 Å². The third kappa shape index (κ3) is 4.03. The van der Waals surface area contributed by atoms with E-state index in [4.69, 9.17) is 27.9 Å². The van der Waals surface area contributed by atoms with Crippen LogP contribution in [0, 0.1) is 0 Å². The van der Waals surface area contributed by atoms with Gasteiger partial charge in [0.1, 0.15) is 11.9 Å². The van der Waals surface area contributed by atoms with E-state index in [0.717, 1.165) is 35.5 Å². The molecule has 3 heterocycles. The van der Waals surface area contributed by atoms with Crippen molar-refractivity contribution < 1.29 is 9.53 Å². The normalized spacial score (nSPS) is 20.0. The number of nitrogens with one attached hydrogen (secondary N) is 1. The molecule has 0 spiro atoms. The highest BCUT2D eigenvalue weighted by Crippen LogP contribution is 2.41. The molecule has 170 valence electrons. The molecule has 1 amide bonds. The highest BCUT2D eigenvalue weighted by molar-refractivity contribution is 6.42. The monoisotopic (exact) mass is 482 g/mol. The minimum absolute atomic E-state index is 0.0295. The Morgan fingerprint density at radius 2 is 1.97 bits per heavy atom. The SMILES string of the molecule is COC[C@@H]1CCCN1C(=O)C1=C(c2ccccc2)Nc2ccnn2C1c1ccc(Cl)c(Cl)c1. The number of carbonyl (C=O) groups excluding carboxylic acids is 1.